The molecule has 0 saturated carbocycles. The molecule has 8 atom stereocenters. The highest BCUT2D eigenvalue weighted by Crippen LogP contribution is 2.36. The van der Waals surface area contributed by atoms with Gasteiger partial charge in [0.05, 0.1) is 19.8 Å². The lowest BCUT2D eigenvalue weighted by molar-refractivity contribution is -0.318. The summed E-state index contributed by atoms with van der Waals surface area (Å²) in [5, 5.41) is 90.5. The highest BCUT2D eigenvalue weighted by atomic mass is 16.8. The van der Waals surface area contributed by atoms with Crippen molar-refractivity contribution < 1.29 is 69.3 Å². The molecule has 0 unspecified atom stereocenters. The van der Waals surface area contributed by atoms with Crippen LogP contribution in [0.3, 0.4) is 0 Å². The van der Waals surface area contributed by atoms with Gasteiger partial charge < -0.3 is 69.3 Å². The number of aliphatic hydroxyl groups excluding tert-OH is 5. The van der Waals surface area contributed by atoms with Gasteiger partial charge in [-0.15, -0.1) is 0 Å². The van der Waals surface area contributed by atoms with E-state index < -0.39 is 85.4 Å². The molecule has 9 N–H and O–H groups in total. The third-order valence-corrected chi connectivity index (χ3v) is 6.99. The summed E-state index contributed by atoms with van der Waals surface area (Å²) in [4.78, 5) is 12.8. The number of aromatic hydroxyl groups is 3. The van der Waals surface area contributed by atoms with Gasteiger partial charge in [-0.1, -0.05) is 0 Å². The van der Waals surface area contributed by atoms with Crippen molar-refractivity contribution in [1.29, 1.82) is 0 Å². The highest BCUT2D eigenvalue weighted by Gasteiger charge is 2.53. The van der Waals surface area contributed by atoms with Crippen molar-refractivity contribution >= 4 is 11.0 Å². The molecule has 0 amide bonds. The highest BCUT2D eigenvalue weighted by molar-refractivity contribution is 5.86. The van der Waals surface area contributed by atoms with E-state index in [1.807, 2.05) is 0 Å². The molecule has 3 heterocycles. The fourth-order valence-corrected chi connectivity index (χ4v) is 4.62. The summed E-state index contributed by atoms with van der Waals surface area (Å²) in [5.41, 5.74) is -2.63. The zero-order valence-electron chi connectivity index (χ0n) is 21.1. The Bertz CT molecular complexity index is 1470. The molecule has 222 valence electrons. The lowest BCUT2D eigenvalue weighted by Crippen LogP contribution is -2.62. The number of hydrogen-bond donors (Lipinski definition) is 9. The Morgan fingerprint density at radius 2 is 1.68 bits per heavy atom. The Labute approximate surface area is 230 Å². The fraction of sp³-hybridized carbons (Fsp3) is 0.423. The van der Waals surface area contributed by atoms with Crippen LogP contribution in [0.15, 0.2) is 45.6 Å². The summed E-state index contributed by atoms with van der Waals surface area (Å²) in [6.07, 6.45) is -11.4. The number of benzene rings is 2. The van der Waals surface area contributed by atoms with Crippen molar-refractivity contribution in [2.24, 2.45) is 0 Å². The first kappa shape index (κ1) is 29.0. The molecule has 0 aliphatic carbocycles. The van der Waals surface area contributed by atoms with E-state index in [-0.39, 0.29) is 33.8 Å². The zero-order chi connectivity index (χ0) is 29.6. The van der Waals surface area contributed by atoms with Gasteiger partial charge in [-0.25, -0.2) is 0 Å². The molecule has 2 aliphatic rings. The lowest BCUT2D eigenvalue weighted by Gasteiger charge is -2.42. The van der Waals surface area contributed by atoms with Crippen molar-refractivity contribution in [2.75, 3.05) is 19.8 Å². The van der Waals surface area contributed by atoms with E-state index in [0.29, 0.717) is 0 Å². The molecule has 15 heteroatoms. The minimum Gasteiger partial charge on any atom is -0.507 e. The first-order chi connectivity index (χ1) is 19.4. The third kappa shape index (κ3) is 5.30. The second-order valence-electron chi connectivity index (χ2n) is 9.81. The molecular weight excluding hydrogens is 552 g/mol. The van der Waals surface area contributed by atoms with Gasteiger partial charge in [-0.3, -0.25) is 4.79 Å². The van der Waals surface area contributed by atoms with E-state index in [9.17, 15) is 50.8 Å². The average Bonchev–Trinajstić information content (AvgIpc) is 3.22. The Morgan fingerprint density at radius 3 is 2.34 bits per heavy atom. The van der Waals surface area contributed by atoms with Gasteiger partial charge in [-0.2, -0.15) is 0 Å². The van der Waals surface area contributed by atoms with Crippen LogP contribution in [0.5, 0.6) is 23.0 Å². The number of hydrogen-bond acceptors (Lipinski definition) is 15. The second-order valence-corrected chi connectivity index (χ2v) is 9.81. The van der Waals surface area contributed by atoms with Crippen molar-refractivity contribution in [3.63, 3.8) is 0 Å². The smallest absolute Gasteiger partial charge is 0.229 e. The number of rotatable bonds is 7. The molecule has 3 aromatic rings. The van der Waals surface area contributed by atoms with Crippen LogP contribution < -0.4 is 10.2 Å². The van der Waals surface area contributed by atoms with Gasteiger partial charge in [0.15, 0.2) is 29.3 Å². The minimum atomic E-state index is -2.05. The molecule has 1 aromatic heterocycles. The fourth-order valence-electron chi connectivity index (χ4n) is 4.62. The van der Waals surface area contributed by atoms with Gasteiger partial charge >= 0.3 is 0 Å². The largest absolute Gasteiger partial charge is 0.507 e. The van der Waals surface area contributed by atoms with Crippen LogP contribution in [0.4, 0.5) is 0 Å². The van der Waals surface area contributed by atoms with E-state index >= 15 is 0 Å². The van der Waals surface area contributed by atoms with Crippen molar-refractivity contribution in [1.82, 2.24) is 0 Å². The minimum absolute atomic E-state index is 0.0212. The van der Waals surface area contributed by atoms with E-state index in [2.05, 4.69) is 0 Å². The summed E-state index contributed by atoms with van der Waals surface area (Å²) in [5.74, 6) is -1.60. The Hall–Kier alpha value is -3.51. The van der Waals surface area contributed by atoms with Crippen LogP contribution in [0.25, 0.3) is 22.3 Å². The maximum absolute atomic E-state index is 12.8. The van der Waals surface area contributed by atoms with Crippen LogP contribution in [0.1, 0.15) is 0 Å². The standard InChI is InChI=1S/C26H28O15/c27-7-18-20(33)21(34)22(41-25-23(35)26(36,8-28)9-37-25)24(40-18)38-11-4-14(31)19-15(32)6-16(39-17(19)5-11)10-1-2-12(29)13(30)3-10/h1-6,18,20-25,27-31,33-36H,7-9H2/t18-,20-,21+,22-,23+,24-,25-,26-/m0/s1. The predicted octanol–water partition coefficient (Wildman–Crippen LogP) is -1.78. The monoisotopic (exact) mass is 580 g/mol. The number of phenolic OH excluding ortho intramolecular Hbond substituents is 3. The van der Waals surface area contributed by atoms with E-state index in [1.165, 1.54) is 18.2 Å². The van der Waals surface area contributed by atoms with Gasteiger partial charge in [0, 0.05) is 23.8 Å². The Kier molecular flexibility index (Phi) is 7.82. The number of ether oxygens (including phenoxy) is 4. The SMILES string of the molecule is O=c1cc(-c2ccc(O)c(O)c2)oc2cc(O[C@H]3O[C@@H](CO)[C@H](O)[C@@H](O)[C@@H]3O[C@@H]3OC[C@@](O)(CO)[C@@H]3O)cc(O)c12. The maximum Gasteiger partial charge on any atom is 0.229 e. The molecule has 15 nitrogen and oxygen atoms in total. The molecule has 0 radical (unpaired) electrons. The molecule has 2 saturated heterocycles. The van der Waals surface area contributed by atoms with Crippen LogP contribution in [0.2, 0.25) is 0 Å². The van der Waals surface area contributed by atoms with Gasteiger partial charge in [-0.05, 0) is 18.2 Å². The number of aliphatic hydroxyl groups is 6. The van der Waals surface area contributed by atoms with E-state index in [0.717, 1.165) is 18.2 Å². The normalized spacial score (nSPS) is 31.9. The van der Waals surface area contributed by atoms with Gasteiger partial charge in [0.2, 0.25) is 6.29 Å². The topological polar surface area (TPSA) is 249 Å². The summed E-state index contributed by atoms with van der Waals surface area (Å²) >= 11 is 0. The summed E-state index contributed by atoms with van der Waals surface area (Å²) in [6, 6.07) is 7.06. The summed E-state index contributed by atoms with van der Waals surface area (Å²) in [7, 11) is 0. The molecule has 2 aliphatic heterocycles. The van der Waals surface area contributed by atoms with E-state index in [1.54, 1.807) is 0 Å². The Balaban J connectivity index is 1.48. The lowest BCUT2D eigenvalue weighted by atomic mass is 9.98. The number of phenols is 3. The van der Waals surface area contributed by atoms with Crippen molar-refractivity contribution in [3.8, 4) is 34.3 Å². The van der Waals surface area contributed by atoms with Crippen LogP contribution in [-0.2, 0) is 14.2 Å². The maximum atomic E-state index is 12.8. The molecule has 0 spiro atoms. The molecule has 2 aromatic carbocycles. The third-order valence-electron chi connectivity index (χ3n) is 6.99. The van der Waals surface area contributed by atoms with E-state index in [4.69, 9.17) is 23.4 Å². The number of fused-ring (bicyclic) bond motifs is 1. The average molecular weight is 580 g/mol. The molecule has 41 heavy (non-hydrogen) atoms. The molecule has 0 bridgehead atoms. The quantitative estimate of drug-likeness (QED) is 0.140. The van der Waals surface area contributed by atoms with Gasteiger partial charge in [0.25, 0.3) is 0 Å². The van der Waals surface area contributed by atoms with Crippen LogP contribution in [-0.4, -0.2) is 114 Å². The molecule has 5 rings (SSSR count). The second kappa shape index (κ2) is 11.1. The first-order valence-corrected chi connectivity index (χ1v) is 12.4. The van der Waals surface area contributed by atoms with Gasteiger partial charge in [0.1, 0.15) is 58.2 Å². The first-order valence-electron chi connectivity index (χ1n) is 12.4. The van der Waals surface area contributed by atoms with Crippen LogP contribution >= 0.6 is 0 Å². The summed E-state index contributed by atoms with van der Waals surface area (Å²) in [6.45, 7) is -2.11. The van der Waals surface area contributed by atoms with Crippen molar-refractivity contribution in [2.45, 2.75) is 48.7 Å². The predicted molar refractivity (Wildman–Crippen MR) is 134 cm³/mol. The van der Waals surface area contributed by atoms with Crippen molar-refractivity contribution in [3.05, 3.63) is 46.6 Å². The van der Waals surface area contributed by atoms with Crippen LogP contribution in [0, 0.1) is 0 Å². The molecular formula is C26H28O15. The summed E-state index contributed by atoms with van der Waals surface area (Å²) < 4.78 is 27.9. The molecule has 2 fully saturated rings. The Morgan fingerprint density at radius 1 is 0.927 bits per heavy atom. The zero-order valence-corrected chi connectivity index (χ0v) is 21.1.